The van der Waals surface area contributed by atoms with E-state index in [0.717, 1.165) is 0 Å². The summed E-state index contributed by atoms with van der Waals surface area (Å²) < 4.78 is 15.0. The zero-order valence-electron chi connectivity index (χ0n) is 8.50. The van der Waals surface area contributed by atoms with Gasteiger partial charge in [-0.25, -0.2) is 0 Å². The first-order valence-corrected chi connectivity index (χ1v) is 4.50. The van der Waals surface area contributed by atoms with E-state index in [9.17, 15) is 10.1 Å². The highest BCUT2D eigenvalue weighted by atomic mass is 16.7. The van der Waals surface area contributed by atoms with E-state index in [1.54, 1.807) is 12.1 Å². The van der Waals surface area contributed by atoms with E-state index in [1.807, 2.05) is 0 Å². The van der Waals surface area contributed by atoms with Gasteiger partial charge in [0.25, 0.3) is 0 Å². The Morgan fingerprint density at radius 2 is 2.19 bits per heavy atom. The highest BCUT2D eigenvalue weighted by Crippen LogP contribution is 2.43. The number of nitro groups is 1. The van der Waals surface area contributed by atoms with Crippen LogP contribution in [0.3, 0.4) is 0 Å². The van der Waals surface area contributed by atoms with Gasteiger partial charge in [-0.3, -0.25) is 10.1 Å². The number of ether oxygens (including phenoxy) is 3. The minimum Gasteiger partial charge on any atom is -0.504 e. The van der Waals surface area contributed by atoms with E-state index < -0.39 is 4.92 Å². The predicted molar refractivity (Wildman–Crippen MR) is 55.3 cm³/mol. The monoisotopic (exact) mass is 223 g/mol. The van der Waals surface area contributed by atoms with Gasteiger partial charge in [0.2, 0.25) is 12.5 Å². The molecule has 0 atom stereocenters. The van der Waals surface area contributed by atoms with E-state index >= 15 is 0 Å². The van der Waals surface area contributed by atoms with Crippen LogP contribution in [0.15, 0.2) is 18.4 Å². The Morgan fingerprint density at radius 1 is 1.44 bits per heavy atom. The van der Waals surface area contributed by atoms with Crippen LogP contribution in [0.2, 0.25) is 0 Å². The maximum absolute atomic E-state index is 10.7. The zero-order chi connectivity index (χ0) is 11.5. The highest BCUT2D eigenvalue weighted by molar-refractivity contribution is 5.69. The lowest BCUT2D eigenvalue weighted by Crippen LogP contribution is -1.94. The lowest BCUT2D eigenvalue weighted by molar-refractivity contribution is -0.385. The van der Waals surface area contributed by atoms with Crippen LogP contribution in [-0.2, 0) is 4.74 Å². The summed E-state index contributed by atoms with van der Waals surface area (Å²) in [7, 11) is 1.51. The summed E-state index contributed by atoms with van der Waals surface area (Å²) in [6, 6.07) is 2.96. The Bertz CT molecular complexity index is 455. The predicted octanol–water partition coefficient (Wildman–Crippen LogP) is 1.94. The van der Waals surface area contributed by atoms with Crippen molar-refractivity contribution in [2.75, 3.05) is 13.9 Å². The molecule has 1 heterocycles. The molecule has 0 bridgehead atoms. The molecule has 0 radical (unpaired) electrons. The molecule has 0 unspecified atom stereocenters. The number of fused-ring (bicyclic) bond motifs is 1. The Morgan fingerprint density at radius 3 is 2.88 bits per heavy atom. The molecule has 0 saturated heterocycles. The second-order valence-corrected chi connectivity index (χ2v) is 3.03. The van der Waals surface area contributed by atoms with Gasteiger partial charge in [-0.05, 0) is 12.1 Å². The molecule has 1 aliphatic rings. The van der Waals surface area contributed by atoms with Crippen LogP contribution in [-0.4, -0.2) is 18.8 Å². The van der Waals surface area contributed by atoms with Gasteiger partial charge in [-0.2, -0.15) is 0 Å². The van der Waals surface area contributed by atoms with Crippen molar-refractivity contribution in [3.8, 4) is 11.5 Å². The van der Waals surface area contributed by atoms with Crippen molar-refractivity contribution in [2.45, 2.75) is 0 Å². The molecule has 84 valence electrons. The van der Waals surface area contributed by atoms with E-state index in [-0.39, 0.29) is 18.2 Å². The first-order chi connectivity index (χ1) is 7.74. The number of benzene rings is 1. The van der Waals surface area contributed by atoms with Gasteiger partial charge >= 0.3 is 5.69 Å². The van der Waals surface area contributed by atoms with Crippen molar-refractivity contribution in [1.82, 2.24) is 0 Å². The quantitative estimate of drug-likeness (QED) is 0.445. The molecule has 0 saturated carbocycles. The Kier molecular flexibility index (Phi) is 2.63. The largest absolute Gasteiger partial charge is 0.504 e. The number of rotatable bonds is 3. The molecule has 1 aromatic rings. The van der Waals surface area contributed by atoms with Crippen LogP contribution < -0.4 is 9.47 Å². The van der Waals surface area contributed by atoms with Gasteiger partial charge in [-0.1, -0.05) is 0 Å². The molecule has 0 amide bonds. The van der Waals surface area contributed by atoms with Crippen molar-refractivity contribution in [3.63, 3.8) is 0 Å². The Hall–Kier alpha value is -2.24. The summed E-state index contributed by atoms with van der Waals surface area (Å²) in [4.78, 5) is 10.2. The average Bonchev–Trinajstić information content (AvgIpc) is 2.74. The molecule has 1 aromatic carbocycles. The number of methoxy groups -OCH3 is 1. The van der Waals surface area contributed by atoms with Crippen molar-refractivity contribution in [3.05, 3.63) is 34.1 Å². The molecule has 1 aliphatic heterocycles. The van der Waals surface area contributed by atoms with Crippen LogP contribution in [0.1, 0.15) is 5.56 Å². The third-order valence-electron chi connectivity index (χ3n) is 2.11. The van der Waals surface area contributed by atoms with Crippen molar-refractivity contribution in [1.29, 1.82) is 0 Å². The summed E-state index contributed by atoms with van der Waals surface area (Å²) in [6.07, 6.45) is 3.11. The Balaban J connectivity index is 2.49. The van der Waals surface area contributed by atoms with Crippen LogP contribution in [0.5, 0.6) is 11.5 Å². The SMILES string of the molecule is CO/C=C/c1ccc([N+](=O)[O-])c2c1OCO2. The normalized spacial score (nSPS) is 13.1. The Labute approximate surface area is 91.2 Å². The van der Waals surface area contributed by atoms with E-state index in [1.165, 1.54) is 19.4 Å². The lowest BCUT2D eigenvalue weighted by Gasteiger charge is -2.01. The summed E-state index contributed by atoms with van der Waals surface area (Å²) in [5.41, 5.74) is 0.585. The van der Waals surface area contributed by atoms with Gasteiger partial charge in [0.15, 0.2) is 5.75 Å². The topological polar surface area (TPSA) is 70.8 Å². The third-order valence-corrected chi connectivity index (χ3v) is 2.11. The molecule has 0 fully saturated rings. The molecular formula is C10H9NO5. The molecule has 0 aromatic heterocycles. The molecule has 0 aliphatic carbocycles. The standard InChI is InChI=1S/C10H9NO5/c1-14-5-4-7-2-3-8(11(12)13)10-9(7)15-6-16-10/h2-5H,6H2,1H3/b5-4+. The van der Waals surface area contributed by atoms with Gasteiger partial charge < -0.3 is 14.2 Å². The van der Waals surface area contributed by atoms with E-state index in [0.29, 0.717) is 11.3 Å². The van der Waals surface area contributed by atoms with Crippen molar-refractivity contribution < 1.29 is 19.1 Å². The molecule has 6 nitrogen and oxygen atoms in total. The summed E-state index contributed by atoms with van der Waals surface area (Å²) in [6.45, 7) is -0.00594. The van der Waals surface area contributed by atoms with Crippen LogP contribution in [0.25, 0.3) is 6.08 Å². The first-order valence-electron chi connectivity index (χ1n) is 4.50. The number of hydrogen-bond donors (Lipinski definition) is 0. The summed E-state index contributed by atoms with van der Waals surface area (Å²) >= 11 is 0. The smallest absolute Gasteiger partial charge is 0.315 e. The maximum atomic E-state index is 10.7. The number of nitrogens with zero attached hydrogens (tertiary/aromatic N) is 1. The van der Waals surface area contributed by atoms with Crippen LogP contribution in [0.4, 0.5) is 5.69 Å². The molecule has 2 rings (SSSR count). The van der Waals surface area contributed by atoms with E-state index in [4.69, 9.17) is 14.2 Å². The lowest BCUT2D eigenvalue weighted by atomic mass is 10.1. The maximum Gasteiger partial charge on any atom is 0.315 e. The minimum atomic E-state index is -0.503. The first kappa shape index (κ1) is 10.3. The van der Waals surface area contributed by atoms with Gasteiger partial charge in [-0.15, -0.1) is 0 Å². The summed E-state index contributed by atoms with van der Waals surface area (Å²) in [5, 5.41) is 10.7. The second-order valence-electron chi connectivity index (χ2n) is 3.03. The molecular weight excluding hydrogens is 214 g/mol. The van der Waals surface area contributed by atoms with Gasteiger partial charge in [0, 0.05) is 11.6 Å². The third kappa shape index (κ3) is 1.65. The fourth-order valence-corrected chi connectivity index (χ4v) is 1.42. The number of nitro benzene ring substituents is 1. The highest BCUT2D eigenvalue weighted by Gasteiger charge is 2.27. The fraction of sp³-hybridized carbons (Fsp3) is 0.200. The number of hydrogen-bond acceptors (Lipinski definition) is 5. The van der Waals surface area contributed by atoms with Crippen LogP contribution >= 0.6 is 0 Å². The van der Waals surface area contributed by atoms with Crippen molar-refractivity contribution in [2.24, 2.45) is 0 Å². The average molecular weight is 223 g/mol. The zero-order valence-corrected chi connectivity index (χ0v) is 8.50. The molecule has 16 heavy (non-hydrogen) atoms. The van der Waals surface area contributed by atoms with Gasteiger partial charge in [0.1, 0.15) is 0 Å². The van der Waals surface area contributed by atoms with Crippen molar-refractivity contribution >= 4 is 11.8 Å². The molecule has 6 heteroatoms. The van der Waals surface area contributed by atoms with E-state index in [2.05, 4.69) is 0 Å². The minimum absolute atomic E-state index is 0.00594. The molecule has 0 N–H and O–H groups in total. The van der Waals surface area contributed by atoms with Gasteiger partial charge in [0.05, 0.1) is 18.3 Å². The second kappa shape index (κ2) is 4.09. The fourth-order valence-electron chi connectivity index (χ4n) is 1.42. The van der Waals surface area contributed by atoms with Crippen LogP contribution in [0, 0.1) is 10.1 Å². The molecule has 0 spiro atoms. The summed E-state index contributed by atoms with van der Waals surface area (Å²) in [5.74, 6) is 0.547.